The zero-order valence-corrected chi connectivity index (χ0v) is 10.9. The Morgan fingerprint density at radius 3 is 2.60 bits per heavy atom. The van der Waals surface area contributed by atoms with Crippen LogP contribution < -0.4 is 16.2 Å². The van der Waals surface area contributed by atoms with Crippen LogP contribution in [-0.4, -0.2) is 19.5 Å². The first-order valence-electron chi connectivity index (χ1n) is 6.07. The molecule has 20 heavy (non-hydrogen) atoms. The number of imidazole rings is 1. The van der Waals surface area contributed by atoms with E-state index >= 15 is 0 Å². The van der Waals surface area contributed by atoms with E-state index < -0.39 is 0 Å². The van der Waals surface area contributed by atoms with Crippen LogP contribution in [0.1, 0.15) is 5.56 Å². The molecule has 7 nitrogen and oxygen atoms in total. The number of anilines is 2. The number of benzene rings is 1. The van der Waals surface area contributed by atoms with E-state index in [0.717, 1.165) is 5.56 Å². The van der Waals surface area contributed by atoms with Crippen molar-refractivity contribution in [2.75, 3.05) is 11.5 Å². The van der Waals surface area contributed by atoms with Crippen molar-refractivity contribution in [1.82, 2.24) is 19.5 Å². The van der Waals surface area contributed by atoms with Crippen LogP contribution in [0, 0.1) is 0 Å². The van der Waals surface area contributed by atoms with Crippen molar-refractivity contribution in [2.45, 2.75) is 6.61 Å². The molecule has 0 saturated heterocycles. The Bertz CT molecular complexity index is 752. The van der Waals surface area contributed by atoms with Crippen LogP contribution in [0.3, 0.4) is 0 Å². The van der Waals surface area contributed by atoms with Crippen LogP contribution in [0.2, 0.25) is 0 Å². The molecule has 0 amide bonds. The highest BCUT2D eigenvalue weighted by molar-refractivity contribution is 5.80. The third kappa shape index (κ3) is 2.09. The SMILES string of the molecule is Cn1c(N)nc2c(OCc3ccccc3)nc(N)nc21. The van der Waals surface area contributed by atoms with Crippen molar-refractivity contribution in [2.24, 2.45) is 7.05 Å². The number of nitrogens with zero attached hydrogens (tertiary/aromatic N) is 4. The fourth-order valence-corrected chi connectivity index (χ4v) is 1.90. The van der Waals surface area contributed by atoms with Crippen molar-refractivity contribution in [3.8, 4) is 5.88 Å². The molecular formula is C13H14N6O. The summed E-state index contributed by atoms with van der Waals surface area (Å²) in [5, 5.41) is 0. The second-order valence-corrected chi connectivity index (χ2v) is 4.36. The molecule has 102 valence electrons. The zero-order chi connectivity index (χ0) is 14.1. The van der Waals surface area contributed by atoms with Gasteiger partial charge in [0.05, 0.1) is 0 Å². The quantitative estimate of drug-likeness (QED) is 0.738. The first kappa shape index (κ1) is 12.2. The van der Waals surface area contributed by atoms with E-state index in [1.165, 1.54) is 0 Å². The molecule has 1 aromatic carbocycles. The highest BCUT2D eigenvalue weighted by Crippen LogP contribution is 2.24. The maximum Gasteiger partial charge on any atom is 0.247 e. The van der Waals surface area contributed by atoms with Gasteiger partial charge in [-0.15, -0.1) is 0 Å². The Morgan fingerprint density at radius 1 is 1.10 bits per heavy atom. The Kier molecular flexibility index (Phi) is 2.86. The van der Waals surface area contributed by atoms with Crippen LogP contribution >= 0.6 is 0 Å². The van der Waals surface area contributed by atoms with Crippen molar-refractivity contribution in [1.29, 1.82) is 0 Å². The molecule has 0 aliphatic carbocycles. The Hall–Kier alpha value is -2.83. The molecule has 0 unspecified atom stereocenters. The van der Waals surface area contributed by atoms with Gasteiger partial charge in [-0.2, -0.15) is 9.97 Å². The van der Waals surface area contributed by atoms with E-state index in [1.54, 1.807) is 11.6 Å². The predicted molar refractivity (Wildman–Crippen MR) is 75.9 cm³/mol. The van der Waals surface area contributed by atoms with Gasteiger partial charge in [-0.1, -0.05) is 30.3 Å². The van der Waals surface area contributed by atoms with Gasteiger partial charge in [0.2, 0.25) is 17.8 Å². The summed E-state index contributed by atoms with van der Waals surface area (Å²) >= 11 is 0. The minimum absolute atomic E-state index is 0.128. The van der Waals surface area contributed by atoms with Crippen molar-refractivity contribution in [3.05, 3.63) is 35.9 Å². The van der Waals surface area contributed by atoms with E-state index in [4.69, 9.17) is 16.2 Å². The Morgan fingerprint density at radius 2 is 1.85 bits per heavy atom. The monoisotopic (exact) mass is 270 g/mol. The fraction of sp³-hybridized carbons (Fsp3) is 0.154. The molecule has 0 fully saturated rings. The third-order valence-electron chi connectivity index (χ3n) is 2.96. The molecule has 3 aromatic rings. The summed E-state index contributed by atoms with van der Waals surface area (Å²) in [6.07, 6.45) is 0. The number of hydrogen-bond donors (Lipinski definition) is 2. The first-order valence-corrected chi connectivity index (χ1v) is 6.07. The number of fused-ring (bicyclic) bond motifs is 1. The lowest BCUT2D eigenvalue weighted by molar-refractivity contribution is 0.297. The topological polar surface area (TPSA) is 105 Å². The second-order valence-electron chi connectivity index (χ2n) is 4.36. The highest BCUT2D eigenvalue weighted by atomic mass is 16.5. The Labute approximate surface area is 115 Å². The number of aromatic nitrogens is 4. The normalized spacial score (nSPS) is 10.8. The summed E-state index contributed by atoms with van der Waals surface area (Å²) in [5.74, 6) is 0.802. The van der Waals surface area contributed by atoms with Crippen LogP contribution in [0.5, 0.6) is 5.88 Å². The predicted octanol–water partition coefficient (Wildman–Crippen LogP) is 1.11. The average molecular weight is 270 g/mol. The molecule has 0 aliphatic heterocycles. The maximum atomic E-state index is 5.77. The standard InChI is InChI=1S/C13H14N6O/c1-19-10-9(16-13(19)15)11(18-12(14)17-10)20-7-8-5-3-2-4-6-8/h2-6H,7H2,1H3,(H2,15,16)(H2,14,17,18). The van der Waals surface area contributed by atoms with Crippen LogP contribution in [-0.2, 0) is 13.7 Å². The van der Waals surface area contributed by atoms with E-state index in [1.807, 2.05) is 30.3 Å². The van der Waals surface area contributed by atoms with Gasteiger partial charge in [0.25, 0.3) is 0 Å². The molecular weight excluding hydrogens is 256 g/mol. The van der Waals surface area contributed by atoms with Gasteiger partial charge in [-0.3, -0.25) is 4.57 Å². The lowest BCUT2D eigenvalue weighted by Crippen LogP contribution is -2.03. The summed E-state index contributed by atoms with van der Waals surface area (Å²) in [4.78, 5) is 12.4. The zero-order valence-electron chi connectivity index (χ0n) is 10.9. The molecule has 0 bridgehead atoms. The molecule has 0 saturated carbocycles. The van der Waals surface area contributed by atoms with Gasteiger partial charge in [-0.05, 0) is 5.56 Å². The van der Waals surface area contributed by atoms with Crippen LogP contribution in [0.15, 0.2) is 30.3 Å². The Balaban J connectivity index is 1.97. The number of aryl methyl sites for hydroxylation is 1. The van der Waals surface area contributed by atoms with Crippen molar-refractivity contribution >= 4 is 23.1 Å². The van der Waals surface area contributed by atoms with E-state index in [9.17, 15) is 0 Å². The maximum absolute atomic E-state index is 5.77. The summed E-state index contributed by atoms with van der Waals surface area (Å²) in [6.45, 7) is 0.378. The minimum Gasteiger partial charge on any atom is -0.471 e. The number of nitrogen functional groups attached to an aromatic ring is 2. The fourth-order valence-electron chi connectivity index (χ4n) is 1.90. The van der Waals surface area contributed by atoms with E-state index in [0.29, 0.717) is 29.6 Å². The molecule has 0 aliphatic rings. The number of nitrogens with two attached hydrogens (primary N) is 2. The van der Waals surface area contributed by atoms with Crippen molar-refractivity contribution in [3.63, 3.8) is 0 Å². The van der Waals surface area contributed by atoms with Gasteiger partial charge >= 0.3 is 0 Å². The largest absolute Gasteiger partial charge is 0.471 e. The van der Waals surface area contributed by atoms with Gasteiger partial charge in [0.1, 0.15) is 6.61 Å². The molecule has 3 rings (SSSR count). The van der Waals surface area contributed by atoms with Crippen LogP contribution in [0.4, 0.5) is 11.9 Å². The molecule has 7 heteroatoms. The molecule has 0 atom stereocenters. The molecule has 2 heterocycles. The average Bonchev–Trinajstić information content (AvgIpc) is 2.74. The second kappa shape index (κ2) is 4.69. The summed E-state index contributed by atoms with van der Waals surface area (Å²) in [7, 11) is 1.76. The lowest BCUT2D eigenvalue weighted by Gasteiger charge is -2.06. The van der Waals surface area contributed by atoms with E-state index in [-0.39, 0.29) is 5.95 Å². The highest BCUT2D eigenvalue weighted by Gasteiger charge is 2.14. The van der Waals surface area contributed by atoms with Gasteiger partial charge < -0.3 is 16.2 Å². The van der Waals surface area contributed by atoms with Gasteiger partial charge in [-0.25, -0.2) is 4.98 Å². The van der Waals surface area contributed by atoms with Crippen LogP contribution in [0.25, 0.3) is 11.2 Å². The summed E-state index contributed by atoms with van der Waals surface area (Å²) in [6, 6.07) is 9.77. The smallest absolute Gasteiger partial charge is 0.247 e. The molecule has 0 radical (unpaired) electrons. The number of ether oxygens (including phenoxy) is 1. The lowest BCUT2D eigenvalue weighted by atomic mass is 10.2. The van der Waals surface area contributed by atoms with E-state index in [2.05, 4.69) is 15.0 Å². The number of hydrogen-bond acceptors (Lipinski definition) is 6. The summed E-state index contributed by atoms with van der Waals surface area (Å²) < 4.78 is 7.33. The van der Waals surface area contributed by atoms with Gasteiger partial charge in [0.15, 0.2) is 11.2 Å². The van der Waals surface area contributed by atoms with Gasteiger partial charge in [0, 0.05) is 7.05 Å². The number of rotatable bonds is 3. The first-order chi connectivity index (χ1) is 9.65. The minimum atomic E-state index is 0.128. The summed E-state index contributed by atoms with van der Waals surface area (Å²) in [5.41, 5.74) is 13.5. The molecule has 0 spiro atoms. The molecule has 4 N–H and O–H groups in total. The molecule has 2 aromatic heterocycles. The third-order valence-corrected chi connectivity index (χ3v) is 2.96. The van der Waals surface area contributed by atoms with Crippen molar-refractivity contribution < 1.29 is 4.74 Å².